The van der Waals surface area contributed by atoms with E-state index in [4.69, 9.17) is 4.74 Å². The summed E-state index contributed by atoms with van der Waals surface area (Å²) in [5.41, 5.74) is 2.06. The maximum absolute atomic E-state index is 11.9. The topological polar surface area (TPSA) is 38.3 Å². The van der Waals surface area contributed by atoms with Gasteiger partial charge in [0.05, 0.1) is 0 Å². The minimum atomic E-state index is -0.333. The van der Waals surface area contributed by atoms with Gasteiger partial charge < -0.3 is 4.74 Å². The Balaban J connectivity index is 1.85. The van der Waals surface area contributed by atoms with Crippen LogP contribution in [0.4, 0.5) is 10.5 Å². The molecule has 0 unspecified atom stereocenters. The molecule has 3 atom stereocenters. The van der Waals surface area contributed by atoms with Crippen molar-refractivity contribution in [3.05, 3.63) is 29.8 Å². The van der Waals surface area contributed by atoms with E-state index in [-0.39, 0.29) is 12.2 Å². The zero-order valence-electron chi connectivity index (χ0n) is 12.7. The Hall–Kier alpha value is -1.51. The van der Waals surface area contributed by atoms with Gasteiger partial charge in [0.1, 0.15) is 6.10 Å². The number of hydrogen-bond donors (Lipinski definition) is 1. The normalized spacial score (nSPS) is 26.1. The molecule has 1 aromatic carbocycles. The second-order valence-electron chi connectivity index (χ2n) is 6.12. The summed E-state index contributed by atoms with van der Waals surface area (Å²) in [5.74, 6) is 1.28. The van der Waals surface area contributed by atoms with Crippen molar-refractivity contribution in [2.45, 2.75) is 52.6 Å². The molecule has 1 aliphatic rings. The summed E-state index contributed by atoms with van der Waals surface area (Å²) in [6.07, 6.45) is 3.92. The zero-order valence-corrected chi connectivity index (χ0v) is 12.7. The molecule has 0 aliphatic heterocycles. The quantitative estimate of drug-likeness (QED) is 0.874. The molecule has 0 radical (unpaired) electrons. The lowest BCUT2D eigenvalue weighted by molar-refractivity contribution is 0.0553. The first-order valence-electron chi connectivity index (χ1n) is 7.63. The number of nitrogens with one attached hydrogen (secondary N) is 1. The van der Waals surface area contributed by atoms with Crippen molar-refractivity contribution in [1.29, 1.82) is 0 Å². The van der Waals surface area contributed by atoms with Crippen LogP contribution in [0, 0.1) is 11.8 Å². The molecule has 3 heteroatoms. The van der Waals surface area contributed by atoms with E-state index in [9.17, 15) is 4.79 Å². The largest absolute Gasteiger partial charge is 0.446 e. The van der Waals surface area contributed by atoms with E-state index in [1.165, 1.54) is 12.0 Å². The lowest BCUT2D eigenvalue weighted by Crippen LogP contribution is -2.30. The van der Waals surface area contributed by atoms with Crippen molar-refractivity contribution in [3.63, 3.8) is 0 Å². The van der Waals surface area contributed by atoms with E-state index < -0.39 is 0 Å². The first kappa shape index (κ1) is 14.9. The Morgan fingerprint density at radius 3 is 2.30 bits per heavy atom. The highest BCUT2D eigenvalue weighted by molar-refractivity contribution is 5.84. The number of amides is 1. The summed E-state index contributed by atoms with van der Waals surface area (Å²) in [6, 6.07) is 7.90. The molecular weight excluding hydrogens is 250 g/mol. The number of carbonyl (C=O) groups is 1. The summed E-state index contributed by atoms with van der Waals surface area (Å²) in [7, 11) is 0. The summed E-state index contributed by atoms with van der Waals surface area (Å²) >= 11 is 0. The van der Waals surface area contributed by atoms with Gasteiger partial charge in [0.15, 0.2) is 0 Å². The van der Waals surface area contributed by atoms with Crippen LogP contribution in [0.5, 0.6) is 0 Å². The molecule has 20 heavy (non-hydrogen) atoms. The zero-order chi connectivity index (χ0) is 14.5. The van der Waals surface area contributed by atoms with Crippen LogP contribution in [0.25, 0.3) is 0 Å². The molecule has 1 N–H and O–H groups in total. The third-order valence-corrected chi connectivity index (χ3v) is 4.02. The van der Waals surface area contributed by atoms with E-state index in [1.807, 2.05) is 24.3 Å². The predicted octanol–water partition coefficient (Wildman–Crippen LogP) is 4.62. The van der Waals surface area contributed by atoms with Crippen LogP contribution < -0.4 is 5.32 Å². The Morgan fingerprint density at radius 1 is 1.15 bits per heavy atom. The Morgan fingerprint density at radius 2 is 1.75 bits per heavy atom. The van der Waals surface area contributed by atoms with E-state index >= 15 is 0 Å². The molecule has 1 aromatic rings. The van der Waals surface area contributed by atoms with Gasteiger partial charge in [-0.2, -0.15) is 0 Å². The third kappa shape index (κ3) is 4.26. The van der Waals surface area contributed by atoms with Crippen LogP contribution in [-0.2, 0) is 11.2 Å². The SMILES string of the molecule is CCc1ccc(NC(=O)O[C@@H]2C[C@H](C)C[C@H](C)C2)cc1. The molecule has 0 bridgehead atoms. The second-order valence-corrected chi connectivity index (χ2v) is 6.12. The second kappa shape index (κ2) is 6.78. The summed E-state index contributed by atoms with van der Waals surface area (Å²) in [5, 5.41) is 2.81. The molecule has 0 heterocycles. The fourth-order valence-electron chi connectivity index (χ4n) is 3.09. The Kier molecular flexibility index (Phi) is 5.05. The van der Waals surface area contributed by atoms with Crippen molar-refractivity contribution in [2.75, 3.05) is 5.32 Å². The number of hydrogen-bond acceptors (Lipinski definition) is 2. The van der Waals surface area contributed by atoms with Gasteiger partial charge in [-0.15, -0.1) is 0 Å². The fourth-order valence-corrected chi connectivity index (χ4v) is 3.09. The van der Waals surface area contributed by atoms with Gasteiger partial charge >= 0.3 is 6.09 Å². The predicted molar refractivity (Wildman–Crippen MR) is 81.9 cm³/mol. The van der Waals surface area contributed by atoms with Gasteiger partial charge in [-0.3, -0.25) is 5.32 Å². The minimum absolute atomic E-state index is 0.0589. The van der Waals surface area contributed by atoms with E-state index in [0.717, 1.165) is 24.9 Å². The lowest BCUT2D eigenvalue weighted by Gasteiger charge is -2.30. The molecular formula is C17H25NO2. The van der Waals surface area contributed by atoms with Gasteiger partial charge in [0, 0.05) is 5.69 Å². The molecule has 2 rings (SSSR count). The van der Waals surface area contributed by atoms with Gasteiger partial charge in [0.2, 0.25) is 0 Å². The molecule has 3 nitrogen and oxygen atoms in total. The number of benzene rings is 1. The Bertz CT molecular complexity index is 431. The van der Waals surface area contributed by atoms with Crippen LogP contribution in [0.2, 0.25) is 0 Å². The number of anilines is 1. The molecule has 0 spiro atoms. The van der Waals surface area contributed by atoms with Gasteiger partial charge in [-0.05, 0) is 55.2 Å². The first-order valence-corrected chi connectivity index (χ1v) is 7.63. The van der Waals surface area contributed by atoms with Crippen molar-refractivity contribution < 1.29 is 9.53 Å². The average molecular weight is 275 g/mol. The lowest BCUT2D eigenvalue weighted by atomic mass is 9.82. The van der Waals surface area contributed by atoms with Crippen LogP contribution in [0.3, 0.4) is 0 Å². The number of rotatable bonds is 3. The van der Waals surface area contributed by atoms with Gasteiger partial charge in [-0.1, -0.05) is 32.9 Å². The van der Waals surface area contributed by atoms with Crippen molar-refractivity contribution in [1.82, 2.24) is 0 Å². The van der Waals surface area contributed by atoms with Gasteiger partial charge in [-0.25, -0.2) is 4.79 Å². The number of ether oxygens (including phenoxy) is 1. The van der Waals surface area contributed by atoms with Crippen molar-refractivity contribution in [3.8, 4) is 0 Å². The van der Waals surface area contributed by atoms with Crippen molar-refractivity contribution >= 4 is 11.8 Å². The Labute approximate surface area is 121 Å². The van der Waals surface area contributed by atoms with Crippen molar-refractivity contribution in [2.24, 2.45) is 11.8 Å². The molecule has 1 saturated carbocycles. The number of carbonyl (C=O) groups excluding carboxylic acids is 1. The van der Waals surface area contributed by atoms with E-state index in [1.54, 1.807) is 0 Å². The molecule has 0 aromatic heterocycles. The maximum atomic E-state index is 11.9. The molecule has 0 saturated heterocycles. The van der Waals surface area contributed by atoms with E-state index in [2.05, 4.69) is 26.1 Å². The summed E-state index contributed by atoms with van der Waals surface area (Å²) < 4.78 is 5.54. The maximum Gasteiger partial charge on any atom is 0.411 e. The monoisotopic (exact) mass is 275 g/mol. The van der Waals surface area contributed by atoms with Crippen LogP contribution in [-0.4, -0.2) is 12.2 Å². The van der Waals surface area contributed by atoms with Gasteiger partial charge in [0.25, 0.3) is 0 Å². The summed E-state index contributed by atoms with van der Waals surface area (Å²) in [6.45, 7) is 6.57. The number of aryl methyl sites for hydroxylation is 1. The minimum Gasteiger partial charge on any atom is -0.446 e. The summed E-state index contributed by atoms with van der Waals surface area (Å²) in [4.78, 5) is 11.9. The van der Waals surface area contributed by atoms with Crippen LogP contribution in [0.15, 0.2) is 24.3 Å². The molecule has 1 amide bonds. The van der Waals surface area contributed by atoms with Crippen LogP contribution >= 0.6 is 0 Å². The highest BCUT2D eigenvalue weighted by Crippen LogP contribution is 2.30. The fraction of sp³-hybridized carbons (Fsp3) is 0.588. The smallest absolute Gasteiger partial charge is 0.411 e. The highest BCUT2D eigenvalue weighted by Gasteiger charge is 2.26. The molecule has 1 aliphatic carbocycles. The van der Waals surface area contributed by atoms with E-state index in [0.29, 0.717) is 11.8 Å². The third-order valence-electron chi connectivity index (χ3n) is 4.02. The molecule has 110 valence electrons. The van der Waals surface area contributed by atoms with Crippen LogP contribution in [0.1, 0.15) is 45.6 Å². The average Bonchev–Trinajstić information content (AvgIpc) is 2.38. The highest BCUT2D eigenvalue weighted by atomic mass is 16.6. The first-order chi connectivity index (χ1) is 9.56. The molecule has 1 fully saturated rings. The standard InChI is InChI=1S/C17H25NO2/c1-4-14-5-7-15(8-6-14)18-17(19)20-16-10-12(2)9-13(3)11-16/h5-8,12-13,16H,4,9-11H2,1-3H3,(H,18,19)/t12-,13+,16-.